The van der Waals surface area contributed by atoms with E-state index in [-0.39, 0.29) is 23.9 Å². The van der Waals surface area contributed by atoms with Crippen LogP contribution in [0.25, 0.3) is 0 Å². The van der Waals surface area contributed by atoms with Crippen LogP contribution in [0.4, 0.5) is 18.9 Å². The monoisotopic (exact) mass is 685 g/mol. The van der Waals surface area contributed by atoms with Crippen molar-refractivity contribution in [2.24, 2.45) is 0 Å². The molecule has 0 fully saturated rings. The highest BCUT2D eigenvalue weighted by Gasteiger charge is 2.37. The predicted octanol–water partition coefficient (Wildman–Crippen LogP) is 7.11. The van der Waals surface area contributed by atoms with Crippen LogP contribution in [0.2, 0.25) is 5.02 Å². The third kappa shape index (κ3) is 9.14. The van der Waals surface area contributed by atoms with Crippen LogP contribution in [0, 0.1) is 0 Å². The third-order valence-corrected chi connectivity index (χ3v) is 9.74. The van der Waals surface area contributed by atoms with Gasteiger partial charge in [0, 0.05) is 19.0 Å². The minimum atomic E-state index is -4.90. The summed E-state index contributed by atoms with van der Waals surface area (Å²) >= 11 is 5.86. The minimum absolute atomic E-state index is 0.0707. The Hall–Kier alpha value is -4.35. The highest BCUT2D eigenvalue weighted by Crippen LogP contribution is 2.38. The number of hydrogen-bond acceptors (Lipinski definition) is 4. The number of nitrogens with zero attached hydrogens (tertiary/aromatic N) is 2. The first-order valence-electron chi connectivity index (χ1n) is 14.9. The van der Waals surface area contributed by atoms with E-state index in [1.54, 1.807) is 48.5 Å². The lowest BCUT2D eigenvalue weighted by atomic mass is 10.0. The number of benzene rings is 4. The van der Waals surface area contributed by atoms with E-state index in [2.05, 4.69) is 5.32 Å². The first kappa shape index (κ1) is 35.5. The Bertz CT molecular complexity index is 1760. The van der Waals surface area contributed by atoms with E-state index in [0.717, 1.165) is 17.7 Å². The van der Waals surface area contributed by atoms with Crippen molar-refractivity contribution in [3.05, 3.63) is 131 Å². The SMILES string of the molecule is CC[C@@H](C)NC(=O)[C@H](Cc1ccccc1)N(Cc1ccccc1)C(=O)CN(c1ccc(Cl)c(C(F)(F)F)c1)S(=O)(=O)c1ccccc1. The molecule has 0 saturated carbocycles. The Morgan fingerprint density at radius 1 is 0.851 bits per heavy atom. The first-order chi connectivity index (χ1) is 22.3. The quantitative estimate of drug-likeness (QED) is 0.163. The lowest BCUT2D eigenvalue weighted by Crippen LogP contribution is -2.54. The molecular weight excluding hydrogens is 651 g/mol. The summed E-state index contributed by atoms with van der Waals surface area (Å²) in [6.07, 6.45) is -4.17. The number of sulfonamides is 1. The fourth-order valence-electron chi connectivity index (χ4n) is 4.91. The number of anilines is 1. The molecule has 2 amide bonds. The largest absolute Gasteiger partial charge is 0.417 e. The molecule has 1 N–H and O–H groups in total. The smallest absolute Gasteiger partial charge is 0.352 e. The second kappa shape index (κ2) is 15.5. The van der Waals surface area contributed by atoms with Crippen molar-refractivity contribution in [2.75, 3.05) is 10.8 Å². The van der Waals surface area contributed by atoms with E-state index in [4.69, 9.17) is 11.6 Å². The number of halogens is 4. The summed E-state index contributed by atoms with van der Waals surface area (Å²) in [5.74, 6) is -1.24. The lowest BCUT2D eigenvalue weighted by molar-refractivity contribution is -0.140. The van der Waals surface area contributed by atoms with Crippen molar-refractivity contribution < 1.29 is 31.2 Å². The Labute approximate surface area is 278 Å². The minimum Gasteiger partial charge on any atom is -0.352 e. The fourth-order valence-corrected chi connectivity index (χ4v) is 6.56. The van der Waals surface area contributed by atoms with Gasteiger partial charge in [-0.15, -0.1) is 0 Å². The molecule has 2 atom stereocenters. The van der Waals surface area contributed by atoms with Crippen molar-refractivity contribution in [1.29, 1.82) is 0 Å². The Morgan fingerprint density at radius 3 is 1.96 bits per heavy atom. The number of hydrogen-bond donors (Lipinski definition) is 1. The molecule has 0 saturated heterocycles. The van der Waals surface area contributed by atoms with E-state index >= 15 is 0 Å². The Morgan fingerprint density at radius 2 is 1.40 bits per heavy atom. The number of nitrogens with one attached hydrogen (secondary N) is 1. The maximum absolute atomic E-state index is 14.4. The first-order valence-corrected chi connectivity index (χ1v) is 16.7. The Kier molecular flexibility index (Phi) is 11.7. The molecule has 248 valence electrons. The molecule has 0 aliphatic heterocycles. The van der Waals surface area contributed by atoms with Gasteiger partial charge in [0.25, 0.3) is 10.0 Å². The van der Waals surface area contributed by atoms with Gasteiger partial charge >= 0.3 is 6.18 Å². The molecule has 0 aliphatic rings. The molecule has 4 aromatic carbocycles. The summed E-state index contributed by atoms with van der Waals surface area (Å²) in [4.78, 5) is 29.3. The van der Waals surface area contributed by atoms with Gasteiger partial charge in [0.15, 0.2) is 0 Å². The number of alkyl halides is 3. The summed E-state index contributed by atoms with van der Waals surface area (Å²) in [7, 11) is -4.58. The maximum atomic E-state index is 14.4. The molecule has 0 unspecified atom stereocenters. The van der Waals surface area contributed by atoms with Gasteiger partial charge in [0.05, 0.1) is 21.2 Å². The second-order valence-electron chi connectivity index (χ2n) is 11.0. The number of amides is 2. The van der Waals surface area contributed by atoms with Crippen LogP contribution in [0.1, 0.15) is 37.0 Å². The summed E-state index contributed by atoms with van der Waals surface area (Å²) in [5.41, 5.74) is -0.252. The van der Waals surface area contributed by atoms with Gasteiger partial charge in [0.1, 0.15) is 12.6 Å². The van der Waals surface area contributed by atoms with Gasteiger partial charge in [0.2, 0.25) is 11.8 Å². The summed E-state index contributed by atoms with van der Waals surface area (Å²) in [6.45, 7) is 2.76. The van der Waals surface area contributed by atoms with Crippen LogP contribution in [0.3, 0.4) is 0 Å². The standard InChI is InChI=1S/C35H35ClF3N3O4S/c1-3-25(2)40-34(44)32(21-26-13-7-4-8-14-26)41(23-27-15-9-5-10-16-27)33(43)24-42(47(45,46)29-17-11-6-12-18-29)28-19-20-31(36)30(22-28)35(37,38)39/h4-20,22,25,32H,3,21,23-24H2,1-2H3,(H,40,44)/t25-,32+/m1/s1. The van der Waals surface area contributed by atoms with E-state index in [9.17, 15) is 31.2 Å². The van der Waals surface area contributed by atoms with Gasteiger partial charge in [-0.25, -0.2) is 8.42 Å². The zero-order chi connectivity index (χ0) is 34.2. The van der Waals surface area contributed by atoms with Crippen LogP contribution in [0.15, 0.2) is 114 Å². The molecule has 12 heteroatoms. The van der Waals surface area contributed by atoms with Crippen molar-refractivity contribution in [3.63, 3.8) is 0 Å². The number of rotatable bonds is 13. The zero-order valence-corrected chi connectivity index (χ0v) is 27.4. The number of carbonyl (C=O) groups is 2. The maximum Gasteiger partial charge on any atom is 0.417 e. The number of carbonyl (C=O) groups excluding carboxylic acids is 2. The van der Waals surface area contributed by atoms with Crippen molar-refractivity contribution >= 4 is 39.1 Å². The highest BCUT2D eigenvalue weighted by molar-refractivity contribution is 7.92. The van der Waals surface area contributed by atoms with Crippen LogP contribution in [-0.2, 0) is 38.8 Å². The average molecular weight is 686 g/mol. The van der Waals surface area contributed by atoms with Gasteiger partial charge in [-0.05, 0) is 54.8 Å². The van der Waals surface area contributed by atoms with E-state index in [1.165, 1.54) is 29.2 Å². The third-order valence-electron chi connectivity index (χ3n) is 7.62. The molecule has 4 rings (SSSR count). The molecule has 0 aromatic heterocycles. The van der Waals surface area contributed by atoms with E-state index < -0.39 is 56.9 Å². The van der Waals surface area contributed by atoms with Crippen molar-refractivity contribution in [3.8, 4) is 0 Å². The van der Waals surface area contributed by atoms with E-state index in [1.807, 2.05) is 32.0 Å². The summed E-state index contributed by atoms with van der Waals surface area (Å²) in [5, 5.41) is 2.31. The molecule has 4 aromatic rings. The Balaban J connectivity index is 1.85. The molecular formula is C35H35ClF3N3O4S. The van der Waals surface area contributed by atoms with Crippen LogP contribution in [0.5, 0.6) is 0 Å². The van der Waals surface area contributed by atoms with Gasteiger partial charge in [-0.2, -0.15) is 13.2 Å². The van der Waals surface area contributed by atoms with Crippen molar-refractivity contribution in [2.45, 2.75) is 56.4 Å². The fraction of sp³-hybridized carbons (Fsp3) is 0.257. The molecule has 0 bridgehead atoms. The second-order valence-corrected chi connectivity index (χ2v) is 13.3. The van der Waals surface area contributed by atoms with Gasteiger partial charge in [-0.3, -0.25) is 13.9 Å². The van der Waals surface area contributed by atoms with Gasteiger partial charge < -0.3 is 10.2 Å². The predicted molar refractivity (Wildman–Crippen MR) is 176 cm³/mol. The van der Waals surface area contributed by atoms with Crippen LogP contribution in [-0.4, -0.2) is 43.8 Å². The molecule has 7 nitrogen and oxygen atoms in total. The van der Waals surface area contributed by atoms with Crippen LogP contribution < -0.4 is 9.62 Å². The molecule has 0 aliphatic carbocycles. The molecule has 47 heavy (non-hydrogen) atoms. The van der Waals surface area contributed by atoms with Crippen LogP contribution >= 0.6 is 11.6 Å². The summed E-state index contributed by atoms with van der Waals surface area (Å²) in [6, 6.07) is 26.3. The normalized spacial score (nSPS) is 13.0. The molecule has 0 heterocycles. The zero-order valence-electron chi connectivity index (χ0n) is 25.8. The average Bonchev–Trinajstić information content (AvgIpc) is 3.06. The molecule has 0 radical (unpaired) electrons. The summed E-state index contributed by atoms with van der Waals surface area (Å²) < 4.78 is 70.4. The highest BCUT2D eigenvalue weighted by atomic mass is 35.5. The van der Waals surface area contributed by atoms with Crippen molar-refractivity contribution in [1.82, 2.24) is 10.2 Å². The van der Waals surface area contributed by atoms with Gasteiger partial charge in [-0.1, -0.05) is 97.4 Å². The molecule has 0 spiro atoms. The lowest BCUT2D eigenvalue weighted by Gasteiger charge is -2.34. The topological polar surface area (TPSA) is 86.8 Å². The van der Waals surface area contributed by atoms with E-state index in [0.29, 0.717) is 22.4 Å².